The second kappa shape index (κ2) is 4.03. The van der Waals surface area contributed by atoms with Gasteiger partial charge in [-0.05, 0) is 24.7 Å². The number of hydrogen-bond donors (Lipinski definition) is 1. The molecule has 0 aliphatic carbocycles. The number of hydrogen-bond acceptors (Lipinski definition) is 1. The summed E-state index contributed by atoms with van der Waals surface area (Å²) in [5.74, 6) is -0.147. The van der Waals surface area contributed by atoms with E-state index in [1.165, 1.54) is 6.07 Å². The molecule has 1 heterocycles. The van der Waals surface area contributed by atoms with Gasteiger partial charge in [-0.2, -0.15) is 0 Å². The van der Waals surface area contributed by atoms with Gasteiger partial charge in [-0.1, -0.05) is 13.0 Å². The first-order chi connectivity index (χ1) is 7.24. The molecule has 0 aliphatic rings. The second-order valence-corrected chi connectivity index (χ2v) is 3.65. The topological polar surface area (TPSA) is 17.0 Å². The molecule has 0 saturated carbocycles. The summed E-state index contributed by atoms with van der Waals surface area (Å²) in [5.41, 5.74) is 2.06. The van der Waals surface area contributed by atoms with Gasteiger partial charge in [-0.3, -0.25) is 0 Å². The Kier molecular flexibility index (Phi) is 2.73. The van der Waals surface area contributed by atoms with Gasteiger partial charge in [0.2, 0.25) is 0 Å². The molecule has 1 N–H and O–H groups in total. The summed E-state index contributed by atoms with van der Waals surface area (Å²) in [6, 6.07) is 7.09. The zero-order chi connectivity index (χ0) is 10.8. The van der Waals surface area contributed by atoms with Crippen LogP contribution in [0.3, 0.4) is 0 Å². The van der Waals surface area contributed by atoms with E-state index in [0.29, 0.717) is 5.39 Å². The van der Waals surface area contributed by atoms with Crippen LogP contribution in [0.1, 0.15) is 12.6 Å². The predicted molar refractivity (Wildman–Crippen MR) is 60.3 cm³/mol. The van der Waals surface area contributed by atoms with Gasteiger partial charge in [0.15, 0.2) is 0 Å². The molecule has 1 aromatic carbocycles. The van der Waals surface area contributed by atoms with E-state index in [-0.39, 0.29) is 5.82 Å². The lowest BCUT2D eigenvalue weighted by Gasteiger charge is -2.03. The molecule has 3 heteroatoms. The SMILES string of the molecule is CCNCc1cc2c(F)cccc2n1C. The molecule has 0 atom stereocenters. The van der Waals surface area contributed by atoms with E-state index in [4.69, 9.17) is 0 Å². The van der Waals surface area contributed by atoms with Crippen LogP contribution in [0.4, 0.5) is 4.39 Å². The molecular weight excluding hydrogens is 191 g/mol. The Labute approximate surface area is 88.7 Å². The second-order valence-electron chi connectivity index (χ2n) is 3.65. The number of aryl methyl sites for hydroxylation is 1. The van der Waals surface area contributed by atoms with Crippen LogP contribution in [-0.4, -0.2) is 11.1 Å². The quantitative estimate of drug-likeness (QED) is 0.816. The molecule has 0 saturated heterocycles. The standard InChI is InChI=1S/C12H15FN2/c1-3-14-8-9-7-10-11(13)5-4-6-12(10)15(9)2/h4-7,14H,3,8H2,1-2H3. The summed E-state index contributed by atoms with van der Waals surface area (Å²) >= 11 is 0. The maximum absolute atomic E-state index is 13.5. The van der Waals surface area contributed by atoms with E-state index in [9.17, 15) is 4.39 Å². The fourth-order valence-electron chi connectivity index (χ4n) is 1.80. The fraction of sp³-hybridized carbons (Fsp3) is 0.333. The summed E-state index contributed by atoms with van der Waals surface area (Å²) in [4.78, 5) is 0. The molecule has 2 rings (SSSR count). The molecule has 0 amide bonds. The highest BCUT2D eigenvalue weighted by atomic mass is 19.1. The van der Waals surface area contributed by atoms with Crippen molar-refractivity contribution in [3.05, 3.63) is 35.8 Å². The van der Waals surface area contributed by atoms with Crippen LogP contribution in [0.15, 0.2) is 24.3 Å². The number of halogens is 1. The minimum absolute atomic E-state index is 0.147. The molecule has 0 radical (unpaired) electrons. The Morgan fingerprint density at radius 3 is 2.87 bits per heavy atom. The van der Waals surface area contributed by atoms with Crippen molar-refractivity contribution in [1.29, 1.82) is 0 Å². The van der Waals surface area contributed by atoms with Crippen LogP contribution in [0, 0.1) is 5.82 Å². The lowest BCUT2D eigenvalue weighted by molar-refractivity contribution is 0.640. The van der Waals surface area contributed by atoms with Crippen LogP contribution in [0.2, 0.25) is 0 Å². The van der Waals surface area contributed by atoms with Crippen molar-refractivity contribution in [2.45, 2.75) is 13.5 Å². The molecule has 2 aromatic rings. The largest absolute Gasteiger partial charge is 0.346 e. The van der Waals surface area contributed by atoms with E-state index in [1.807, 2.05) is 23.7 Å². The Balaban J connectivity index is 2.49. The van der Waals surface area contributed by atoms with Crippen molar-refractivity contribution in [2.24, 2.45) is 7.05 Å². The third-order valence-corrected chi connectivity index (χ3v) is 2.69. The molecule has 0 spiro atoms. The number of fused-ring (bicyclic) bond motifs is 1. The Morgan fingerprint density at radius 1 is 1.40 bits per heavy atom. The van der Waals surface area contributed by atoms with E-state index in [1.54, 1.807) is 6.07 Å². The van der Waals surface area contributed by atoms with Gasteiger partial charge in [0.05, 0.1) is 5.52 Å². The average Bonchev–Trinajstić information content (AvgIpc) is 2.55. The number of nitrogens with zero attached hydrogens (tertiary/aromatic N) is 1. The Morgan fingerprint density at radius 2 is 2.20 bits per heavy atom. The molecule has 0 bridgehead atoms. The van der Waals surface area contributed by atoms with Gasteiger partial charge < -0.3 is 9.88 Å². The minimum atomic E-state index is -0.147. The molecule has 1 aromatic heterocycles. The first kappa shape index (κ1) is 10.2. The van der Waals surface area contributed by atoms with Crippen molar-refractivity contribution < 1.29 is 4.39 Å². The lowest BCUT2D eigenvalue weighted by atomic mass is 10.2. The fourth-order valence-corrected chi connectivity index (χ4v) is 1.80. The van der Waals surface area contributed by atoms with Crippen molar-refractivity contribution in [3.63, 3.8) is 0 Å². The van der Waals surface area contributed by atoms with Crippen molar-refractivity contribution in [1.82, 2.24) is 9.88 Å². The number of aromatic nitrogens is 1. The molecule has 80 valence electrons. The van der Waals surface area contributed by atoms with Gasteiger partial charge in [0, 0.05) is 24.7 Å². The van der Waals surface area contributed by atoms with Crippen molar-refractivity contribution in [2.75, 3.05) is 6.54 Å². The van der Waals surface area contributed by atoms with Crippen LogP contribution in [0.5, 0.6) is 0 Å². The molecular formula is C12H15FN2. The van der Waals surface area contributed by atoms with Crippen LogP contribution >= 0.6 is 0 Å². The van der Waals surface area contributed by atoms with Crippen molar-refractivity contribution in [3.8, 4) is 0 Å². The van der Waals surface area contributed by atoms with Gasteiger partial charge in [-0.15, -0.1) is 0 Å². The van der Waals surface area contributed by atoms with Crippen LogP contribution in [-0.2, 0) is 13.6 Å². The number of rotatable bonds is 3. The van der Waals surface area contributed by atoms with E-state index < -0.39 is 0 Å². The maximum Gasteiger partial charge on any atom is 0.132 e. The normalized spacial score (nSPS) is 11.1. The van der Waals surface area contributed by atoms with Gasteiger partial charge in [-0.25, -0.2) is 4.39 Å². The summed E-state index contributed by atoms with van der Waals surface area (Å²) in [6.45, 7) is 3.76. The Bertz CT molecular complexity index is 474. The third-order valence-electron chi connectivity index (χ3n) is 2.69. The summed E-state index contributed by atoms with van der Waals surface area (Å²) in [7, 11) is 1.97. The van der Waals surface area contributed by atoms with E-state index in [2.05, 4.69) is 12.2 Å². The highest BCUT2D eigenvalue weighted by Gasteiger charge is 2.07. The van der Waals surface area contributed by atoms with Gasteiger partial charge in [0.1, 0.15) is 5.82 Å². The van der Waals surface area contributed by atoms with Gasteiger partial charge >= 0.3 is 0 Å². The monoisotopic (exact) mass is 206 g/mol. The summed E-state index contributed by atoms with van der Waals surface area (Å²) < 4.78 is 15.5. The first-order valence-corrected chi connectivity index (χ1v) is 5.17. The maximum atomic E-state index is 13.5. The zero-order valence-corrected chi connectivity index (χ0v) is 9.05. The summed E-state index contributed by atoms with van der Waals surface area (Å²) in [5, 5.41) is 3.94. The smallest absolute Gasteiger partial charge is 0.132 e. The first-order valence-electron chi connectivity index (χ1n) is 5.17. The van der Waals surface area contributed by atoms with Crippen LogP contribution in [0.25, 0.3) is 10.9 Å². The molecule has 0 fully saturated rings. The molecule has 0 unspecified atom stereocenters. The average molecular weight is 206 g/mol. The summed E-state index contributed by atoms with van der Waals surface area (Å²) in [6.07, 6.45) is 0. The van der Waals surface area contributed by atoms with Crippen molar-refractivity contribution >= 4 is 10.9 Å². The highest BCUT2D eigenvalue weighted by molar-refractivity contribution is 5.81. The predicted octanol–water partition coefficient (Wildman–Crippen LogP) is 2.43. The third kappa shape index (κ3) is 1.75. The molecule has 2 nitrogen and oxygen atoms in total. The number of nitrogens with one attached hydrogen (secondary N) is 1. The van der Waals surface area contributed by atoms with E-state index >= 15 is 0 Å². The van der Waals surface area contributed by atoms with Crippen LogP contribution < -0.4 is 5.32 Å². The van der Waals surface area contributed by atoms with E-state index in [0.717, 1.165) is 24.3 Å². The van der Waals surface area contributed by atoms with Gasteiger partial charge in [0.25, 0.3) is 0 Å². The minimum Gasteiger partial charge on any atom is -0.346 e. The Hall–Kier alpha value is -1.35. The lowest BCUT2D eigenvalue weighted by Crippen LogP contribution is -2.14. The zero-order valence-electron chi connectivity index (χ0n) is 9.05. The molecule has 0 aliphatic heterocycles. The molecule has 15 heavy (non-hydrogen) atoms. The number of benzene rings is 1. The highest BCUT2D eigenvalue weighted by Crippen LogP contribution is 2.21.